The average Bonchev–Trinajstić information content (AvgIpc) is 2.40. The molecule has 8 nitrogen and oxygen atoms in total. The van der Waals surface area contributed by atoms with E-state index in [1.54, 1.807) is 0 Å². The molecule has 0 heterocycles. The Morgan fingerprint density at radius 1 is 0.611 bits per heavy atom. The van der Waals surface area contributed by atoms with E-state index in [4.69, 9.17) is 15.3 Å². The van der Waals surface area contributed by atoms with Crippen LogP contribution in [0.2, 0.25) is 0 Å². The molecule has 0 amide bonds. The summed E-state index contributed by atoms with van der Waals surface area (Å²) in [4.78, 5) is 0. The van der Waals surface area contributed by atoms with E-state index in [-0.39, 0.29) is 19.4 Å². The molecule has 0 saturated carbocycles. The van der Waals surface area contributed by atoms with Gasteiger partial charge in [0.15, 0.2) is 0 Å². The number of aliphatic hydroxyl groups is 8. The Balaban J connectivity index is 4.38. The molecule has 0 saturated heterocycles. The summed E-state index contributed by atoms with van der Waals surface area (Å²) < 4.78 is 0. The molecule has 0 aliphatic heterocycles. The minimum Gasteiger partial charge on any atom is -0.396 e. The highest BCUT2D eigenvalue weighted by Gasteiger charge is 2.36. The summed E-state index contributed by atoms with van der Waals surface area (Å²) in [5.41, 5.74) is 0. The van der Waals surface area contributed by atoms with Crippen LogP contribution in [0.15, 0.2) is 0 Å². The summed E-state index contributed by atoms with van der Waals surface area (Å²) in [7, 11) is 0. The van der Waals surface area contributed by atoms with Crippen LogP contribution in [0.25, 0.3) is 0 Å². The van der Waals surface area contributed by atoms with Gasteiger partial charge in [0.1, 0.15) is 30.5 Å². The molecule has 0 aromatic heterocycles. The first-order chi connectivity index (χ1) is 8.36. The summed E-state index contributed by atoms with van der Waals surface area (Å²) in [6.45, 7) is -1.03. The lowest BCUT2D eigenvalue weighted by atomic mass is 9.95. The van der Waals surface area contributed by atoms with Crippen LogP contribution in [-0.4, -0.2) is 90.7 Å². The standard InChI is InChI=1S/C10H22O8/c11-3-1-2-5(13)7(15)9(17)10(18)8(16)6(14)4-12/h5-18H,1-4H2/t5?,6-,7?,8-,9+,10+/m1/s1. The van der Waals surface area contributed by atoms with Crippen LogP contribution in [0.3, 0.4) is 0 Å². The smallest absolute Gasteiger partial charge is 0.111 e. The van der Waals surface area contributed by atoms with Crippen LogP contribution >= 0.6 is 0 Å². The second-order valence-electron chi connectivity index (χ2n) is 4.15. The van der Waals surface area contributed by atoms with Crippen molar-refractivity contribution in [2.45, 2.75) is 49.5 Å². The molecule has 0 aliphatic carbocycles. The first-order valence-corrected chi connectivity index (χ1v) is 5.66. The fourth-order valence-corrected chi connectivity index (χ4v) is 1.44. The zero-order chi connectivity index (χ0) is 14.3. The lowest BCUT2D eigenvalue weighted by Crippen LogP contribution is -2.52. The Labute approximate surface area is 104 Å². The van der Waals surface area contributed by atoms with Crippen molar-refractivity contribution < 1.29 is 40.9 Å². The second-order valence-corrected chi connectivity index (χ2v) is 4.15. The molecule has 0 aromatic rings. The molecule has 6 atom stereocenters. The van der Waals surface area contributed by atoms with Crippen LogP contribution in [0.4, 0.5) is 0 Å². The fraction of sp³-hybridized carbons (Fsp3) is 1.00. The number of rotatable bonds is 9. The van der Waals surface area contributed by atoms with Gasteiger partial charge in [0.05, 0.1) is 12.7 Å². The monoisotopic (exact) mass is 270 g/mol. The molecular weight excluding hydrogens is 248 g/mol. The van der Waals surface area contributed by atoms with Gasteiger partial charge in [0, 0.05) is 6.61 Å². The Morgan fingerprint density at radius 3 is 1.44 bits per heavy atom. The fourth-order valence-electron chi connectivity index (χ4n) is 1.44. The Hall–Kier alpha value is -0.320. The Kier molecular flexibility index (Phi) is 8.57. The van der Waals surface area contributed by atoms with E-state index in [9.17, 15) is 25.5 Å². The van der Waals surface area contributed by atoms with E-state index in [1.165, 1.54) is 0 Å². The van der Waals surface area contributed by atoms with Crippen molar-refractivity contribution >= 4 is 0 Å². The predicted octanol–water partition coefficient (Wildman–Crippen LogP) is -4.08. The maximum Gasteiger partial charge on any atom is 0.111 e. The molecule has 0 aromatic carbocycles. The first kappa shape index (κ1) is 17.7. The quantitative estimate of drug-likeness (QED) is 0.210. The van der Waals surface area contributed by atoms with Gasteiger partial charge in [-0.3, -0.25) is 0 Å². The lowest BCUT2D eigenvalue weighted by molar-refractivity contribution is -0.158. The van der Waals surface area contributed by atoms with E-state index in [0.717, 1.165) is 0 Å². The van der Waals surface area contributed by atoms with Crippen molar-refractivity contribution in [1.82, 2.24) is 0 Å². The van der Waals surface area contributed by atoms with Crippen molar-refractivity contribution in [3.8, 4) is 0 Å². The molecule has 8 heteroatoms. The molecular formula is C10H22O8. The van der Waals surface area contributed by atoms with E-state index in [2.05, 4.69) is 0 Å². The molecule has 0 aliphatic rings. The number of hydrogen-bond donors (Lipinski definition) is 8. The molecule has 18 heavy (non-hydrogen) atoms. The van der Waals surface area contributed by atoms with E-state index in [0.29, 0.717) is 0 Å². The predicted molar refractivity (Wildman–Crippen MR) is 59.4 cm³/mol. The maximum absolute atomic E-state index is 9.50. The van der Waals surface area contributed by atoms with Gasteiger partial charge in [0.2, 0.25) is 0 Å². The minimum atomic E-state index is -1.93. The highest BCUT2D eigenvalue weighted by atomic mass is 16.4. The summed E-state index contributed by atoms with van der Waals surface area (Å²) in [5.74, 6) is 0. The van der Waals surface area contributed by atoms with Crippen molar-refractivity contribution in [1.29, 1.82) is 0 Å². The SMILES string of the molecule is OCCCC(O)C(O)[C@H](O)[C@@H](O)[C@H](O)[C@H](O)CO. The van der Waals surface area contributed by atoms with Gasteiger partial charge in [-0.05, 0) is 12.8 Å². The van der Waals surface area contributed by atoms with Gasteiger partial charge in [-0.25, -0.2) is 0 Å². The molecule has 0 bridgehead atoms. The molecule has 110 valence electrons. The summed E-state index contributed by atoms with van der Waals surface area (Å²) in [6, 6.07) is 0. The van der Waals surface area contributed by atoms with Crippen LogP contribution in [-0.2, 0) is 0 Å². The molecule has 0 rings (SSSR count). The Bertz CT molecular complexity index is 214. The van der Waals surface area contributed by atoms with Gasteiger partial charge < -0.3 is 40.9 Å². The van der Waals surface area contributed by atoms with Gasteiger partial charge in [-0.1, -0.05) is 0 Å². The summed E-state index contributed by atoms with van der Waals surface area (Å²) in [5, 5.41) is 73.3. The highest BCUT2D eigenvalue weighted by molar-refractivity contribution is 4.87. The second kappa shape index (κ2) is 8.73. The maximum atomic E-state index is 9.50. The molecule has 8 N–H and O–H groups in total. The largest absolute Gasteiger partial charge is 0.396 e. The third kappa shape index (κ3) is 5.12. The first-order valence-electron chi connectivity index (χ1n) is 5.66. The normalized spacial score (nSPS) is 22.0. The van der Waals surface area contributed by atoms with E-state index >= 15 is 0 Å². The Morgan fingerprint density at radius 2 is 1.06 bits per heavy atom. The number of aliphatic hydroxyl groups excluding tert-OH is 8. The van der Waals surface area contributed by atoms with E-state index in [1.807, 2.05) is 0 Å². The van der Waals surface area contributed by atoms with Crippen LogP contribution in [0.1, 0.15) is 12.8 Å². The number of hydrogen-bond acceptors (Lipinski definition) is 8. The van der Waals surface area contributed by atoms with Crippen molar-refractivity contribution in [2.24, 2.45) is 0 Å². The molecule has 2 unspecified atom stereocenters. The zero-order valence-electron chi connectivity index (χ0n) is 9.87. The van der Waals surface area contributed by atoms with Crippen LogP contribution in [0, 0.1) is 0 Å². The van der Waals surface area contributed by atoms with E-state index < -0.39 is 43.2 Å². The molecule has 0 fully saturated rings. The van der Waals surface area contributed by atoms with Gasteiger partial charge in [0.25, 0.3) is 0 Å². The highest BCUT2D eigenvalue weighted by Crippen LogP contribution is 2.13. The van der Waals surface area contributed by atoms with Crippen molar-refractivity contribution in [2.75, 3.05) is 13.2 Å². The van der Waals surface area contributed by atoms with Crippen molar-refractivity contribution in [3.63, 3.8) is 0 Å². The van der Waals surface area contributed by atoms with Gasteiger partial charge >= 0.3 is 0 Å². The minimum absolute atomic E-state index is 0.0000947. The van der Waals surface area contributed by atoms with Crippen LogP contribution in [0.5, 0.6) is 0 Å². The summed E-state index contributed by atoms with van der Waals surface area (Å²) >= 11 is 0. The molecule has 0 spiro atoms. The third-order valence-corrected chi connectivity index (χ3v) is 2.68. The third-order valence-electron chi connectivity index (χ3n) is 2.68. The van der Waals surface area contributed by atoms with Crippen molar-refractivity contribution in [3.05, 3.63) is 0 Å². The molecule has 0 radical (unpaired) electrons. The van der Waals surface area contributed by atoms with Crippen LogP contribution < -0.4 is 0 Å². The zero-order valence-corrected chi connectivity index (χ0v) is 9.87. The lowest BCUT2D eigenvalue weighted by Gasteiger charge is -2.30. The van der Waals surface area contributed by atoms with Gasteiger partial charge in [-0.15, -0.1) is 0 Å². The summed E-state index contributed by atoms with van der Waals surface area (Å²) in [6.07, 6.45) is -10.3. The average molecular weight is 270 g/mol. The topological polar surface area (TPSA) is 162 Å². The van der Waals surface area contributed by atoms with Gasteiger partial charge in [-0.2, -0.15) is 0 Å².